The summed E-state index contributed by atoms with van der Waals surface area (Å²) in [7, 11) is 0. The predicted octanol–water partition coefficient (Wildman–Crippen LogP) is 4.78. The molecule has 1 aliphatic heterocycles. The van der Waals surface area contributed by atoms with Crippen molar-refractivity contribution in [1.82, 2.24) is 10.2 Å². The minimum atomic E-state index is -0.641. The molecule has 1 unspecified atom stereocenters. The van der Waals surface area contributed by atoms with Crippen molar-refractivity contribution in [3.8, 4) is 11.5 Å². The van der Waals surface area contributed by atoms with Gasteiger partial charge in [0.2, 0.25) is 18.6 Å². The van der Waals surface area contributed by atoms with Crippen molar-refractivity contribution in [2.75, 3.05) is 13.3 Å². The number of aryl methyl sites for hydroxylation is 1. The average Bonchev–Trinajstić information content (AvgIpc) is 3.34. The Morgan fingerprint density at radius 3 is 2.40 bits per heavy atom. The van der Waals surface area contributed by atoms with E-state index in [2.05, 4.69) is 5.32 Å². The Balaban J connectivity index is 1.57. The number of likely N-dealkylation sites (N-methyl/N-ethyl adjacent to an activating group) is 1. The van der Waals surface area contributed by atoms with E-state index in [9.17, 15) is 9.59 Å². The molecule has 35 heavy (non-hydrogen) atoms. The van der Waals surface area contributed by atoms with Crippen LogP contribution in [0.15, 0.2) is 72.8 Å². The molecule has 1 N–H and O–H groups in total. The highest BCUT2D eigenvalue weighted by Gasteiger charge is 2.30. The van der Waals surface area contributed by atoms with E-state index in [0.717, 1.165) is 16.7 Å². The van der Waals surface area contributed by atoms with E-state index in [4.69, 9.17) is 21.1 Å². The van der Waals surface area contributed by atoms with E-state index in [0.29, 0.717) is 42.5 Å². The van der Waals surface area contributed by atoms with E-state index in [1.807, 2.05) is 67.6 Å². The van der Waals surface area contributed by atoms with Crippen LogP contribution >= 0.6 is 11.6 Å². The average molecular weight is 493 g/mol. The van der Waals surface area contributed by atoms with Crippen LogP contribution in [0.1, 0.15) is 30.0 Å². The van der Waals surface area contributed by atoms with Gasteiger partial charge in [-0.3, -0.25) is 9.59 Å². The summed E-state index contributed by atoms with van der Waals surface area (Å²) in [6, 6.07) is 22.2. The molecule has 0 saturated heterocycles. The van der Waals surface area contributed by atoms with E-state index >= 15 is 0 Å². The van der Waals surface area contributed by atoms with E-state index in [1.54, 1.807) is 17.0 Å². The molecule has 0 aromatic heterocycles. The van der Waals surface area contributed by atoms with Crippen molar-refractivity contribution in [3.63, 3.8) is 0 Å². The molecule has 4 rings (SSSR count). The van der Waals surface area contributed by atoms with Gasteiger partial charge < -0.3 is 19.7 Å². The third kappa shape index (κ3) is 6.55. The number of nitrogens with one attached hydrogen (secondary N) is 1. The third-order valence-corrected chi connectivity index (χ3v) is 6.20. The standard InChI is InChI=1S/C28H29ClN2O4/c1-2-30-28(33)24(16-20-6-4-3-5-7-20)31(18-22-8-12-23(29)13-9-22)27(32)15-11-21-10-14-25-26(17-21)35-19-34-25/h3-10,12-14,17,24H,2,11,15-16,18-19H2,1H3,(H,30,33). The molecular formula is C28H29ClN2O4. The quantitative estimate of drug-likeness (QED) is 0.442. The second kappa shape index (κ2) is 11.8. The number of rotatable bonds is 10. The molecule has 0 radical (unpaired) electrons. The van der Waals surface area contributed by atoms with Crippen LogP contribution in [0.4, 0.5) is 0 Å². The molecule has 2 amide bonds. The molecule has 3 aromatic rings. The largest absolute Gasteiger partial charge is 0.454 e. The van der Waals surface area contributed by atoms with Gasteiger partial charge in [0.05, 0.1) is 0 Å². The fraction of sp³-hybridized carbons (Fsp3) is 0.286. The molecule has 0 spiro atoms. The highest BCUT2D eigenvalue weighted by atomic mass is 35.5. The number of carbonyl (C=O) groups is 2. The number of halogens is 1. The van der Waals surface area contributed by atoms with Crippen LogP contribution in [0.5, 0.6) is 11.5 Å². The van der Waals surface area contributed by atoms with Crippen LogP contribution in [0.2, 0.25) is 5.02 Å². The van der Waals surface area contributed by atoms with Crippen molar-refractivity contribution in [1.29, 1.82) is 0 Å². The number of carbonyl (C=O) groups excluding carboxylic acids is 2. The number of nitrogens with zero attached hydrogens (tertiary/aromatic N) is 1. The Morgan fingerprint density at radius 2 is 1.66 bits per heavy atom. The summed E-state index contributed by atoms with van der Waals surface area (Å²) in [6.45, 7) is 2.89. The fourth-order valence-electron chi connectivity index (χ4n) is 4.12. The fourth-order valence-corrected chi connectivity index (χ4v) is 4.25. The van der Waals surface area contributed by atoms with Crippen LogP contribution < -0.4 is 14.8 Å². The smallest absolute Gasteiger partial charge is 0.243 e. The van der Waals surface area contributed by atoms with Crippen LogP contribution in [-0.2, 0) is 29.0 Å². The van der Waals surface area contributed by atoms with Gasteiger partial charge >= 0.3 is 0 Å². The maximum atomic E-state index is 13.6. The van der Waals surface area contributed by atoms with Gasteiger partial charge in [0.1, 0.15) is 6.04 Å². The first-order valence-electron chi connectivity index (χ1n) is 11.8. The van der Waals surface area contributed by atoms with Gasteiger partial charge in [-0.25, -0.2) is 0 Å². The number of hydrogen-bond acceptors (Lipinski definition) is 4. The maximum Gasteiger partial charge on any atom is 0.243 e. The van der Waals surface area contributed by atoms with Gasteiger partial charge in [0.15, 0.2) is 11.5 Å². The van der Waals surface area contributed by atoms with Gasteiger partial charge in [0, 0.05) is 31.0 Å². The Labute approximate surface area is 210 Å². The van der Waals surface area contributed by atoms with E-state index < -0.39 is 6.04 Å². The first-order valence-corrected chi connectivity index (χ1v) is 12.2. The monoisotopic (exact) mass is 492 g/mol. The molecule has 0 aliphatic carbocycles. The van der Waals surface area contributed by atoms with Gasteiger partial charge in [-0.2, -0.15) is 0 Å². The van der Waals surface area contributed by atoms with Crippen LogP contribution in [0, 0.1) is 0 Å². The molecule has 182 valence electrons. The second-order valence-electron chi connectivity index (χ2n) is 8.44. The SMILES string of the molecule is CCNC(=O)C(Cc1ccccc1)N(Cc1ccc(Cl)cc1)C(=O)CCc1ccc2c(c1)OCO2. The number of fused-ring (bicyclic) bond motifs is 1. The molecule has 0 saturated carbocycles. The molecule has 6 nitrogen and oxygen atoms in total. The van der Waals surface area contributed by atoms with Gasteiger partial charge in [-0.05, 0) is 54.3 Å². The maximum absolute atomic E-state index is 13.6. The second-order valence-corrected chi connectivity index (χ2v) is 8.87. The Bertz CT molecular complexity index is 1150. The molecule has 7 heteroatoms. The van der Waals surface area contributed by atoms with Crippen molar-refractivity contribution < 1.29 is 19.1 Å². The Kier molecular flexibility index (Phi) is 8.27. The number of ether oxygens (including phenoxy) is 2. The minimum absolute atomic E-state index is 0.0928. The minimum Gasteiger partial charge on any atom is -0.454 e. The van der Waals surface area contributed by atoms with Crippen LogP contribution in [-0.4, -0.2) is 36.1 Å². The highest BCUT2D eigenvalue weighted by molar-refractivity contribution is 6.30. The zero-order valence-corrected chi connectivity index (χ0v) is 20.5. The highest BCUT2D eigenvalue weighted by Crippen LogP contribution is 2.33. The van der Waals surface area contributed by atoms with Gasteiger partial charge in [-0.1, -0.05) is 60.1 Å². The summed E-state index contributed by atoms with van der Waals surface area (Å²) in [5.74, 6) is 1.15. The lowest BCUT2D eigenvalue weighted by Gasteiger charge is -2.31. The van der Waals surface area contributed by atoms with E-state index in [-0.39, 0.29) is 25.0 Å². The summed E-state index contributed by atoms with van der Waals surface area (Å²) in [4.78, 5) is 28.5. The molecule has 1 atom stereocenters. The topological polar surface area (TPSA) is 67.9 Å². The van der Waals surface area contributed by atoms with Crippen molar-refractivity contribution in [3.05, 3.63) is 94.5 Å². The van der Waals surface area contributed by atoms with Crippen molar-refractivity contribution in [2.45, 2.75) is 38.8 Å². The van der Waals surface area contributed by atoms with Gasteiger partial charge in [0.25, 0.3) is 0 Å². The third-order valence-electron chi connectivity index (χ3n) is 5.95. The summed E-state index contributed by atoms with van der Waals surface area (Å²) in [5.41, 5.74) is 2.88. The van der Waals surface area contributed by atoms with Crippen LogP contribution in [0.25, 0.3) is 0 Å². The molecular weight excluding hydrogens is 464 g/mol. The molecule has 3 aromatic carbocycles. The number of amides is 2. The summed E-state index contributed by atoms with van der Waals surface area (Å²) < 4.78 is 10.8. The summed E-state index contributed by atoms with van der Waals surface area (Å²) in [6.07, 6.45) is 1.22. The Hall–Kier alpha value is -3.51. The lowest BCUT2D eigenvalue weighted by molar-refractivity contribution is -0.141. The first kappa shape index (κ1) is 24.6. The predicted molar refractivity (Wildman–Crippen MR) is 136 cm³/mol. The van der Waals surface area contributed by atoms with Crippen molar-refractivity contribution in [2.24, 2.45) is 0 Å². The summed E-state index contributed by atoms with van der Waals surface area (Å²) in [5, 5.41) is 3.54. The summed E-state index contributed by atoms with van der Waals surface area (Å²) >= 11 is 6.07. The molecule has 0 bridgehead atoms. The molecule has 1 aliphatic rings. The lowest BCUT2D eigenvalue weighted by Crippen LogP contribution is -2.50. The van der Waals surface area contributed by atoms with E-state index in [1.165, 1.54) is 0 Å². The number of benzene rings is 3. The number of hydrogen-bond donors (Lipinski definition) is 1. The molecule has 0 fully saturated rings. The lowest BCUT2D eigenvalue weighted by atomic mass is 10.0. The van der Waals surface area contributed by atoms with Crippen LogP contribution in [0.3, 0.4) is 0 Å². The molecule has 1 heterocycles. The first-order chi connectivity index (χ1) is 17.0. The zero-order valence-electron chi connectivity index (χ0n) is 19.7. The zero-order chi connectivity index (χ0) is 24.6. The van der Waals surface area contributed by atoms with Crippen molar-refractivity contribution >= 4 is 23.4 Å². The van der Waals surface area contributed by atoms with Gasteiger partial charge in [-0.15, -0.1) is 0 Å². The normalized spacial score (nSPS) is 12.7. The Morgan fingerprint density at radius 1 is 0.943 bits per heavy atom.